The second-order valence-corrected chi connectivity index (χ2v) is 4.76. The van der Waals surface area contributed by atoms with Gasteiger partial charge in [-0.05, 0) is 19.2 Å². The van der Waals surface area contributed by atoms with Crippen molar-refractivity contribution in [2.24, 2.45) is 0 Å². The molecule has 1 aromatic carbocycles. The Labute approximate surface area is 137 Å². The van der Waals surface area contributed by atoms with Crippen molar-refractivity contribution in [2.75, 3.05) is 25.5 Å². The fourth-order valence-corrected chi connectivity index (χ4v) is 1.73. The predicted octanol–water partition coefficient (Wildman–Crippen LogP) is 2.02. The maximum Gasteiger partial charge on any atom is 0.304 e. The Balaban J connectivity index is 0.00000441. The molecule has 0 aliphatic heterocycles. The molecule has 1 amide bonds. The lowest BCUT2D eigenvalue weighted by molar-refractivity contribution is -0.384. The Bertz CT molecular complexity index is 568. The largest absolute Gasteiger partial charge is 0.481 e. The number of aliphatic carboxylic acids is 1. The number of nitro benzene ring substituents is 1. The number of carboxylic acid groups (broad SMARTS) is 1. The summed E-state index contributed by atoms with van der Waals surface area (Å²) in [5.41, 5.74) is -0.0450. The van der Waals surface area contributed by atoms with Gasteiger partial charge in [-0.3, -0.25) is 24.6 Å². The van der Waals surface area contributed by atoms with Gasteiger partial charge in [0.15, 0.2) is 0 Å². The quantitative estimate of drug-likeness (QED) is 0.573. The number of carboxylic acids is 1. The van der Waals surface area contributed by atoms with E-state index in [4.69, 9.17) is 16.7 Å². The van der Waals surface area contributed by atoms with Gasteiger partial charge < -0.3 is 10.4 Å². The van der Waals surface area contributed by atoms with Crippen molar-refractivity contribution in [2.45, 2.75) is 6.42 Å². The average molecular weight is 352 g/mol. The fraction of sp³-hybridized carbons (Fsp3) is 0.333. The molecule has 0 saturated heterocycles. The van der Waals surface area contributed by atoms with Gasteiger partial charge in [0.25, 0.3) is 5.69 Å². The van der Waals surface area contributed by atoms with Crippen LogP contribution < -0.4 is 5.32 Å². The molecule has 2 N–H and O–H groups in total. The number of hydrogen-bond donors (Lipinski definition) is 2. The molecule has 0 heterocycles. The van der Waals surface area contributed by atoms with Crippen molar-refractivity contribution in [1.82, 2.24) is 4.90 Å². The Morgan fingerprint density at radius 2 is 2.09 bits per heavy atom. The standard InChI is InChI=1S/C12H14ClN3O5.ClH/c1-15(5-4-12(18)19)7-11(17)14-8-2-3-9(13)10(6-8)16(20)21;/h2-3,6H,4-5,7H2,1H3,(H,14,17)(H,18,19);1H. The molecule has 0 unspecified atom stereocenters. The minimum atomic E-state index is -0.949. The number of nitro groups is 1. The second-order valence-electron chi connectivity index (χ2n) is 4.35. The Hall–Kier alpha value is -1.90. The van der Waals surface area contributed by atoms with E-state index in [0.717, 1.165) is 6.07 Å². The van der Waals surface area contributed by atoms with Crippen LogP contribution in [0.25, 0.3) is 0 Å². The van der Waals surface area contributed by atoms with Crippen LogP contribution in [0.2, 0.25) is 5.02 Å². The smallest absolute Gasteiger partial charge is 0.304 e. The van der Waals surface area contributed by atoms with Gasteiger partial charge in [-0.2, -0.15) is 0 Å². The zero-order valence-corrected chi connectivity index (χ0v) is 13.2. The molecule has 122 valence electrons. The van der Waals surface area contributed by atoms with Gasteiger partial charge in [-0.1, -0.05) is 11.6 Å². The third kappa shape index (κ3) is 6.70. The zero-order chi connectivity index (χ0) is 16.0. The van der Waals surface area contributed by atoms with Crippen LogP contribution in [0, 0.1) is 10.1 Å². The highest BCUT2D eigenvalue weighted by Gasteiger charge is 2.14. The van der Waals surface area contributed by atoms with Gasteiger partial charge in [0.1, 0.15) is 5.02 Å². The first-order valence-corrected chi connectivity index (χ1v) is 6.31. The van der Waals surface area contributed by atoms with Crippen molar-refractivity contribution in [3.8, 4) is 0 Å². The van der Waals surface area contributed by atoms with Crippen LogP contribution in [-0.2, 0) is 9.59 Å². The molecule has 0 bridgehead atoms. The van der Waals surface area contributed by atoms with E-state index in [9.17, 15) is 19.7 Å². The topological polar surface area (TPSA) is 113 Å². The summed E-state index contributed by atoms with van der Waals surface area (Å²) in [6, 6.07) is 3.94. The van der Waals surface area contributed by atoms with Crippen LogP contribution in [0.4, 0.5) is 11.4 Å². The van der Waals surface area contributed by atoms with Crippen LogP contribution in [0.15, 0.2) is 18.2 Å². The molecule has 22 heavy (non-hydrogen) atoms. The van der Waals surface area contributed by atoms with E-state index in [2.05, 4.69) is 5.32 Å². The molecule has 0 fully saturated rings. The number of likely N-dealkylation sites (N-methyl/N-ethyl adjacent to an activating group) is 1. The second kappa shape index (κ2) is 9.19. The van der Waals surface area contributed by atoms with Crippen LogP contribution in [0.1, 0.15) is 6.42 Å². The Morgan fingerprint density at radius 1 is 1.45 bits per heavy atom. The van der Waals surface area contributed by atoms with Crippen LogP contribution in [-0.4, -0.2) is 46.9 Å². The number of halogens is 2. The normalized spacial score (nSPS) is 9.95. The molecule has 0 aliphatic rings. The summed E-state index contributed by atoms with van der Waals surface area (Å²) in [7, 11) is 1.60. The zero-order valence-electron chi connectivity index (χ0n) is 11.6. The van der Waals surface area contributed by atoms with Gasteiger partial charge >= 0.3 is 5.97 Å². The monoisotopic (exact) mass is 351 g/mol. The number of nitrogens with zero attached hydrogens (tertiary/aromatic N) is 2. The molecule has 0 atom stereocenters. The van der Waals surface area contributed by atoms with E-state index in [1.807, 2.05) is 0 Å². The Morgan fingerprint density at radius 3 is 2.64 bits per heavy atom. The van der Waals surface area contributed by atoms with Crippen LogP contribution >= 0.6 is 24.0 Å². The number of anilines is 1. The molecular weight excluding hydrogens is 337 g/mol. The van der Waals surface area contributed by atoms with Gasteiger partial charge in [-0.25, -0.2) is 0 Å². The third-order valence-corrected chi connectivity index (χ3v) is 2.87. The average Bonchev–Trinajstić information content (AvgIpc) is 2.38. The highest BCUT2D eigenvalue weighted by molar-refractivity contribution is 6.32. The number of carbonyl (C=O) groups is 2. The lowest BCUT2D eigenvalue weighted by atomic mass is 10.2. The van der Waals surface area contributed by atoms with Crippen molar-refractivity contribution in [3.05, 3.63) is 33.3 Å². The first kappa shape index (κ1) is 20.1. The lowest BCUT2D eigenvalue weighted by Gasteiger charge is -2.15. The molecule has 0 aromatic heterocycles. The highest BCUT2D eigenvalue weighted by atomic mass is 35.5. The predicted molar refractivity (Wildman–Crippen MR) is 83.7 cm³/mol. The first-order chi connectivity index (χ1) is 9.79. The highest BCUT2D eigenvalue weighted by Crippen LogP contribution is 2.27. The van der Waals surface area contributed by atoms with E-state index >= 15 is 0 Å². The molecule has 1 aromatic rings. The van der Waals surface area contributed by atoms with Gasteiger partial charge in [0.2, 0.25) is 5.91 Å². The van der Waals surface area contributed by atoms with Crippen LogP contribution in [0.3, 0.4) is 0 Å². The number of nitrogens with one attached hydrogen (secondary N) is 1. The molecular formula is C12H15Cl2N3O5. The molecule has 0 spiro atoms. The number of rotatable bonds is 7. The molecule has 0 radical (unpaired) electrons. The van der Waals surface area contributed by atoms with Gasteiger partial charge in [-0.15, -0.1) is 12.4 Å². The lowest BCUT2D eigenvalue weighted by Crippen LogP contribution is -2.31. The summed E-state index contributed by atoms with van der Waals surface area (Å²) in [5, 5.41) is 21.7. The number of amides is 1. The van der Waals surface area contributed by atoms with Gasteiger partial charge in [0.05, 0.1) is 17.9 Å². The summed E-state index contributed by atoms with van der Waals surface area (Å²) in [5.74, 6) is -1.35. The third-order valence-electron chi connectivity index (χ3n) is 2.55. The fourth-order valence-electron chi connectivity index (χ4n) is 1.54. The maximum atomic E-state index is 11.7. The van der Waals surface area contributed by atoms with Crippen molar-refractivity contribution in [3.63, 3.8) is 0 Å². The van der Waals surface area contributed by atoms with Crippen LogP contribution in [0.5, 0.6) is 0 Å². The number of hydrogen-bond acceptors (Lipinski definition) is 5. The molecule has 1 rings (SSSR count). The summed E-state index contributed by atoms with van der Waals surface area (Å²) >= 11 is 5.66. The van der Waals surface area contributed by atoms with E-state index in [1.54, 1.807) is 7.05 Å². The summed E-state index contributed by atoms with van der Waals surface area (Å²) in [6.07, 6.45) is -0.0732. The molecule has 0 saturated carbocycles. The van der Waals surface area contributed by atoms with E-state index in [1.165, 1.54) is 17.0 Å². The summed E-state index contributed by atoms with van der Waals surface area (Å²) in [6.45, 7) is 0.202. The Kier molecular flexibility index (Phi) is 8.39. The van der Waals surface area contributed by atoms with Gasteiger partial charge in [0, 0.05) is 18.3 Å². The minimum Gasteiger partial charge on any atom is -0.481 e. The van der Waals surface area contributed by atoms with E-state index in [0.29, 0.717) is 0 Å². The van der Waals surface area contributed by atoms with Crippen molar-refractivity contribution >= 4 is 47.3 Å². The number of benzene rings is 1. The SMILES string of the molecule is CN(CCC(=O)O)CC(=O)Nc1ccc(Cl)c([N+](=O)[O-])c1.Cl. The summed E-state index contributed by atoms with van der Waals surface area (Å²) < 4.78 is 0. The van der Waals surface area contributed by atoms with E-state index in [-0.39, 0.29) is 48.3 Å². The van der Waals surface area contributed by atoms with Crippen molar-refractivity contribution < 1.29 is 19.6 Å². The van der Waals surface area contributed by atoms with E-state index < -0.39 is 16.8 Å². The summed E-state index contributed by atoms with van der Waals surface area (Å²) in [4.78, 5) is 33.8. The molecule has 8 nitrogen and oxygen atoms in total. The number of carbonyl (C=O) groups excluding carboxylic acids is 1. The minimum absolute atomic E-state index is 0. The molecule has 10 heteroatoms. The maximum absolute atomic E-state index is 11.7. The first-order valence-electron chi connectivity index (χ1n) is 5.93. The van der Waals surface area contributed by atoms with Crippen molar-refractivity contribution in [1.29, 1.82) is 0 Å². The molecule has 0 aliphatic carbocycles.